The molecule has 2 rings (SSSR count). The zero-order valence-corrected chi connectivity index (χ0v) is 8.62. The molecule has 15 heavy (non-hydrogen) atoms. The Balaban J connectivity index is 1.78. The zero-order chi connectivity index (χ0) is 10.7. The molecular formula is C10H16N2O3. The van der Waals surface area contributed by atoms with Gasteiger partial charge in [0.25, 0.3) is 0 Å². The molecule has 0 aromatic heterocycles. The van der Waals surface area contributed by atoms with E-state index in [0.717, 1.165) is 12.8 Å². The standard InChI is InChI=1S/C10H16N2O3/c13-9(8-6-15-10(14)12-8)11-7-4-2-1-3-5-7/h7-8H,1-6H2,(H,11,13)(H,12,14). The van der Waals surface area contributed by atoms with Gasteiger partial charge in [-0.2, -0.15) is 0 Å². The van der Waals surface area contributed by atoms with Crippen LogP contribution in [0.25, 0.3) is 0 Å². The molecule has 0 aromatic rings. The first kappa shape index (κ1) is 10.3. The Bertz CT molecular complexity index is 261. The molecular weight excluding hydrogens is 196 g/mol. The van der Waals surface area contributed by atoms with Gasteiger partial charge in [-0.25, -0.2) is 4.79 Å². The molecule has 1 aliphatic heterocycles. The van der Waals surface area contributed by atoms with Crippen LogP contribution in [0.4, 0.5) is 4.79 Å². The van der Waals surface area contributed by atoms with Gasteiger partial charge in [0.15, 0.2) is 0 Å². The lowest BCUT2D eigenvalue weighted by Crippen LogP contribution is -2.47. The lowest BCUT2D eigenvalue weighted by atomic mass is 9.95. The monoisotopic (exact) mass is 212 g/mol. The van der Waals surface area contributed by atoms with Crippen LogP contribution in [0.2, 0.25) is 0 Å². The largest absolute Gasteiger partial charge is 0.447 e. The van der Waals surface area contributed by atoms with E-state index >= 15 is 0 Å². The first-order valence-corrected chi connectivity index (χ1v) is 5.49. The molecule has 1 heterocycles. The van der Waals surface area contributed by atoms with Crippen LogP contribution in [0.1, 0.15) is 32.1 Å². The van der Waals surface area contributed by atoms with Gasteiger partial charge in [0.05, 0.1) is 0 Å². The van der Waals surface area contributed by atoms with E-state index in [1.54, 1.807) is 0 Å². The number of hydrogen-bond donors (Lipinski definition) is 2. The van der Waals surface area contributed by atoms with E-state index in [1.165, 1.54) is 19.3 Å². The van der Waals surface area contributed by atoms with Gasteiger partial charge in [0.2, 0.25) is 5.91 Å². The predicted molar refractivity (Wildman–Crippen MR) is 53.3 cm³/mol. The van der Waals surface area contributed by atoms with Crippen LogP contribution in [0, 0.1) is 0 Å². The third-order valence-electron chi connectivity index (χ3n) is 2.94. The average molecular weight is 212 g/mol. The van der Waals surface area contributed by atoms with Crippen molar-refractivity contribution >= 4 is 12.0 Å². The smallest absolute Gasteiger partial charge is 0.407 e. The maximum Gasteiger partial charge on any atom is 0.407 e. The first-order valence-electron chi connectivity index (χ1n) is 5.49. The van der Waals surface area contributed by atoms with E-state index in [0.29, 0.717) is 0 Å². The quantitative estimate of drug-likeness (QED) is 0.702. The molecule has 1 unspecified atom stereocenters. The topological polar surface area (TPSA) is 67.4 Å². The summed E-state index contributed by atoms with van der Waals surface area (Å²) in [5, 5.41) is 5.42. The molecule has 2 amide bonds. The Morgan fingerprint density at radius 1 is 1.33 bits per heavy atom. The molecule has 1 atom stereocenters. The minimum Gasteiger partial charge on any atom is -0.447 e. The van der Waals surface area contributed by atoms with Crippen molar-refractivity contribution in [3.05, 3.63) is 0 Å². The summed E-state index contributed by atoms with van der Waals surface area (Å²) >= 11 is 0. The number of amides is 2. The average Bonchev–Trinajstić information content (AvgIpc) is 2.66. The third kappa shape index (κ3) is 2.61. The summed E-state index contributed by atoms with van der Waals surface area (Å²) in [5.41, 5.74) is 0. The first-order chi connectivity index (χ1) is 7.25. The molecule has 0 spiro atoms. The van der Waals surface area contributed by atoms with Gasteiger partial charge in [-0.1, -0.05) is 19.3 Å². The Morgan fingerprint density at radius 2 is 2.07 bits per heavy atom. The maximum atomic E-state index is 11.7. The Morgan fingerprint density at radius 3 is 2.67 bits per heavy atom. The van der Waals surface area contributed by atoms with Crippen LogP contribution in [0.3, 0.4) is 0 Å². The maximum absolute atomic E-state index is 11.7. The molecule has 0 radical (unpaired) electrons. The number of nitrogens with one attached hydrogen (secondary N) is 2. The van der Waals surface area contributed by atoms with Gasteiger partial charge in [-0.05, 0) is 12.8 Å². The van der Waals surface area contributed by atoms with Crippen molar-refractivity contribution in [1.29, 1.82) is 0 Å². The summed E-state index contributed by atoms with van der Waals surface area (Å²) in [7, 11) is 0. The van der Waals surface area contributed by atoms with Crippen LogP contribution < -0.4 is 10.6 Å². The van der Waals surface area contributed by atoms with Gasteiger partial charge in [-0.15, -0.1) is 0 Å². The fourth-order valence-electron chi connectivity index (χ4n) is 2.07. The van der Waals surface area contributed by atoms with Crippen molar-refractivity contribution in [2.24, 2.45) is 0 Å². The Hall–Kier alpha value is -1.26. The highest BCUT2D eigenvalue weighted by Gasteiger charge is 2.30. The van der Waals surface area contributed by atoms with Crippen LogP contribution in [-0.2, 0) is 9.53 Å². The van der Waals surface area contributed by atoms with E-state index in [2.05, 4.69) is 15.4 Å². The summed E-state index contributed by atoms with van der Waals surface area (Å²) in [5.74, 6) is -0.118. The van der Waals surface area contributed by atoms with Crippen molar-refractivity contribution in [3.63, 3.8) is 0 Å². The predicted octanol–water partition coefficient (Wildman–Crippen LogP) is 0.544. The molecule has 5 heteroatoms. The van der Waals surface area contributed by atoms with Crippen LogP contribution in [0.5, 0.6) is 0 Å². The minimum absolute atomic E-state index is 0.118. The van der Waals surface area contributed by atoms with Gasteiger partial charge in [0.1, 0.15) is 12.6 Å². The second-order valence-corrected chi connectivity index (χ2v) is 4.14. The van der Waals surface area contributed by atoms with Gasteiger partial charge in [-0.3, -0.25) is 4.79 Å². The van der Waals surface area contributed by atoms with Crippen LogP contribution >= 0.6 is 0 Å². The second-order valence-electron chi connectivity index (χ2n) is 4.14. The number of carbonyl (C=O) groups excluding carboxylic acids is 2. The third-order valence-corrected chi connectivity index (χ3v) is 2.94. The molecule has 1 saturated heterocycles. The van der Waals surface area contributed by atoms with Gasteiger partial charge in [0, 0.05) is 6.04 Å². The van der Waals surface area contributed by atoms with Crippen molar-refractivity contribution in [1.82, 2.24) is 10.6 Å². The van der Waals surface area contributed by atoms with Crippen molar-refractivity contribution < 1.29 is 14.3 Å². The molecule has 0 bridgehead atoms. The molecule has 2 aliphatic rings. The SMILES string of the molecule is O=C1NC(C(=O)NC2CCCCC2)CO1. The summed E-state index contributed by atoms with van der Waals surface area (Å²) < 4.78 is 4.66. The van der Waals surface area contributed by atoms with E-state index in [-0.39, 0.29) is 18.6 Å². The number of hydrogen-bond acceptors (Lipinski definition) is 3. The number of alkyl carbamates (subject to hydrolysis) is 1. The number of cyclic esters (lactones) is 1. The van der Waals surface area contributed by atoms with Crippen molar-refractivity contribution in [3.8, 4) is 0 Å². The Kier molecular flexibility index (Phi) is 3.08. The molecule has 1 saturated carbocycles. The highest BCUT2D eigenvalue weighted by molar-refractivity contribution is 5.87. The minimum atomic E-state index is -0.501. The summed E-state index contributed by atoms with van der Waals surface area (Å²) in [6.07, 6.45) is 5.21. The van der Waals surface area contributed by atoms with Crippen molar-refractivity contribution in [2.75, 3.05) is 6.61 Å². The normalized spacial score (nSPS) is 26.9. The van der Waals surface area contributed by atoms with Gasteiger partial charge >= 0.3 is 6.09 Å². The van der Waals surface area contributed by atoms with E-state index in [1.807, 2.05) is 0 Å². The highest BCUT2D eigenvalue weighted by atomic mass is 16.6. The number of carbonyl (C=O) groups is 2. The molecule has 2 N–H and O–H groups in total. The van der Waals surface area contributed by atoms with E-state index < -0.39 is 12.1 Å². The fraction of sp³-hybridized carbons (Fsp3) is 0.800. The zero-order valence-electron chi connectivity index (χ0n) is 8.62. The molecule has 1 aliphatic carbocycles. The number of ether oxygens (including phenoxy) is 1. The van der Waals surface area contributed by atoms with E-state index in [4.69, 9.17) is 0 Å². The Labute approximate surface area is 88.5 Å². The number of rotatable bonds is 2. The van der Waals surface area contributed by atoms with Gasteiger partial charge < -0.3 is 15.4 Å². The van der Waals surface area contributed by atoms with Crippen molar-refractivity contribution in [2.45, 2.75) is 44.2 Å². The van der Waals surface area contributed by atoms with E-state index in [9.17, 15) is 9.59 Å². The fourth-order valence-corrected chi connectivity index (χ4v) is 2.07. The lowest BCUT2D eigenvalue weighted by molar-refractivity contribution is -0.123. The van der Waals surface area contributed by atoms with Crippen LogP contribution in [0.15, 0.2) is 0 Å². The summed E-state index contributed by atoms with van der Waals surface area (Å²) in [6, 6.07) is -0.219. The lowest BCUT2D eigenvalue weighted by Gasteiger charge is -2.23. The molecule has 5 nitrogen and oxygen atoms in total. The summed E-state index contributed by atoms with van der Waals surface area (Å²) in [6.45, 7) is 0.150. The summed E-state index contributed by atoms with van der Waals surface area (Å²) in [4.78, 5) is 22.4. The molecule has 0 aromatic carbocycles. The van der Waals surface area contributed by atoms with Crippen LogP contribution in [-0.4, -0.2) is 30.7 Å². The second kappa shape index (κ2) is 4.51. The highest BCUT2D eigenvalue weighted by Crippen LogP contribution is 2.17. The molecule has 2 fully saturated rings. The molecule has 84 valence electrons.